The number of carbonyl (C=O) groups is 3. The van der Waals surface area contributed by atoms with Crippen LogP contribution in [0.1, 0.15) is 46.1 Å². The zero-order valence-electron chi connectivity index (χ0n) is 19.9. The van der Waals surface area contributed by atoms with Crippen molar-refractivity contribution in [2.45, 2.75) is 47.0 Å². The molecule has 0 aliphatic rings. The van der Waals surface area contributed by atoms with Crippen LogP contribution in [0.5, 0.6) is 0 Å². The molecule has 0 fully saturated rings. The van der Waals surface area contributed by atoms with Crippen molar-refractivity contribution in [2.75, 3.05) is 13.2 Å². The van der Waals surface area contributed by atoms with Gasteiger partial charge in [0.25, 0.3) is 0 Å². The predicted octanol–water partition coefficient (Wildman–Crippen LogP) is 2.05. The van der Waals surface area contributed by atoms with Gasteiger partial charge in [-0.25, -0.2) is 5.48 Å². The molecule has 2 aromatic rings. The van der Waals surface area contributed by atoms with Crippen molar-refractivity contribution in [2.24, 2.45) is 17.6 Å². The molecule has 6 N–H and O–H groups in total. The number of hydrogen-bond acceptors (Lipinski definition) is 5. The van der Waals surface area contributed by atoms with Crippen LogP contribution in [0.4, 0.5) is 0 Å². The fourth-order valence-electron chi connectivity index (χ4n) is 2.57. The third-order valence-corrected chi connectivity index (χ3v) is 4.36. The highest BCUT2D eigenvalue weighted by atomic mass is 31.0. The number of rotatable bonds is 8. The number of nitrogens with two attached hydrogens (primary N) is 1. The van der Waals surface area contributed by atoms with Gasteiger partial charge in [-0.15, -0.1) is 9.24 Å². The maximum atomic E-state index is 12.2. The molecular weight excluding hydrogens is 441 g/mol. The van der Waals surface area contributed by atoms with E-state index in [2.05, 4.69) is 35.3 Å². The molecule has 2 unspecified atom stereocenters. The first-order valence-corrected chi connectivity index (χ1v) is 11.5. The summed E-state index contributed by atoms with van der Waals surface area (Å²) in [6, 6.07) is 11.8. The summed E-state index contributed by atoms with van der Waals surface area (Å²) in [5.74, 6) is -1.71. The number of amides is 3. The van der Waals surface area contributed by atoms with E-state index >= 15 is 0 Å². The molecular formula is C24H38N3O5P. The van der Waals surface area contributed by atoms with Gasteiger partial charge < -0.3 is 16.2 Å². The Morgan fingerprint density at radius 2 is 1.61 bits per heavy atom. The quantitative estimate of drug-likeness (QED) is 0.224. The smallest absolute Gasteiger partial charge is 0.244 e. The van der Waals surface area contributed by atoms with E-state index < -0.39 is 23.6 Å². The fourth-order valence-corrected chi connectivity index (χ4v) is 2.85. The van der Waals surface area contributed by atoms with Crippen LogP contribution in [0.15, 0.2) is 36.4 Å². The lowest BCUT2D eigenvalue weighted by atomic mass is 9.93. The highest BCUT2D eigenvalue weighted by Gasteiger charge is 2.22. The molecule has 33 heavy (non-hydrogen) atoms. The van der Waals surface area contributed by atoms with Crippen LogP contribution in [0.3, 0.4) is 0 Å². The number of aliphatic hydroxyl groups excluding tert-OH is 1. The van der Waals surface area contributed by atoms with E-state index in [0.717, 1.165) is 34.0 Å². The average Bonchev–Trinajstić information content (AvgIpc) is 2.76. The number of nitrogens with one attached hydrogen (secondary N) is 2. The van der Waals surface area contributed by atoms with Crippen molar-refractivity contribution in [3.8, 4) is 0 Å². The first kappa shape index (κ1) is 30.5. The maximum absolute atomic E-state index is 12.2. The molecule has 0 aliphatic heterocycles. The number of carbonyl (C=O) groups excluding carboxylic acids is 3. The van der Waals surface area contributed by atoms with Crippen LogP contribution in [0.2, 0.25) is 0 Å². The lowest BCUT2D eigenvalue weighted by molar-refractivity contribution is -0.135. The summed E-state index contributed by atoms with van der Waals surface area (Å²) in [5, 5.41) is 22.1. The van der Waals surface area contributed by atoms with Crippen LogP contribution in [-0.2, 0) is 20.8 Å². The Hall–Kier alpha value is -2.54. The Kier molecular flexibility index (Phi) is 15.7. The molecule has 0 radical (unpaired) electrons. The van der Waals surface area contributed by atoms with E-state index in [0.29, 0.717) is 6.61 Å². The summed E-state index contributed by atoms with van der Waals surface area (Å²) < 4.78 is 0. The van der Waals surface area contributed by atoms with Gasteiger partial charge in [-0.05, 0) is 46.5 Å². The largest absolute Gasteiger partial charge is 0.396 e. The molecule has 0 saturated carbocycles. The minimum atomic E-state index is -0.732. The molecule has 0 saturated heterocycles. The van der Waals surface area contributed by atoms with Crippen molar-refractivity contribution >= 4 is 43.0 Å². The molecule has 184 valence electrons. The van der Waals surface area contributed by atoms with Gasteiger partial charge in [0.2, 0.25) is 17.7 Å². The van der Waals surface area contributed by atoms with E-state index in [1.807, 2.05) is 43.3 Å². The molecule has 0 heterocycles. The second-order valence-electron chi connectivity index (χ2n) is 8.22. The van der Waals surface area contributed by atoms with Crippen LogP contribution in [0.25, 0.3) is 10.8 Å². The van der Waals surface area contributed by atoms with Crippen molar-refractivity contribution in [3.63, 3.8) is 0 Å². The highest BCUT2D eigenvalue weighted by Crippen LogP contribution is 2.19. The van der Waals surface area contributed by atoms with Gasteiger partial charge in [0.15, 0.2) is 0 Å². The third-order valence-electron chi connectivity index (χ3n) is 4.00. The molecule has 2 atom stereocenters. The van der Waals surface area contributed by atoms with E-state index in [9.17, 15) is 14.4 Å². The summed E-state index contributed by atoms with van der Waals surface area (Å²) in [4.78, 5) is 34.5. The van der Waals surface area contributed by atoms with Crippen molar-refractivity contribution in [1.29, 1.82) is 0 Å². The zero-order chi connectivity index (χ0) is 25.4. The maximum Gasteiger partial charge on any atom is 0.244 e. The Morgan fingerprint density at radius 3 is 2.12 bits per heavy atom. The van der Waals surface area contributed by atoms with Gasteiger partial charge in [-0.1, -0.05) is 58.0 Å². The van der Waals surface area contributed by atoms with Crippen molar-refractivity contribution in [1.82, 2.24) is 10.8 Å². The van der Waals surface area contributed by atoms with Crippen molar-refractivity contribution < 1.29 is 24.7 Å². The lowest BCUT2D eigenvalue weighted by Gasteiger charge is -2.16. The van der Waals surface area contributed by atoms with E-state index in [1.165, 1.54) is 5.48 Å². The Labute approximate surface area is 198 Å². The standard InChI is InChI=1S/C17H20N3O4P.C4H10.C3H8O/c18-15(21)9-19-17(23)13(8-16(22)20-24)6-10-1-2-12-7-14(25)4-3-11(12)5-10;1-4(2)3;1-2-3-4/h1-5,7,13,24H,6,8-9,25H2,(H2,18,21)(H,19,23)(H,20,22);4H,1-3H3;4H,2-3H2,1H3. The third kappa shape index (κ3) is 14.3. The van der Waals surface area contributed by atoms with Crippen molar-refractivity contribution in [3.05, 3.63) is 42.0 Å². The summed E-state index contributed by atoms with van der Waals surface area (Å²) in [5.41, 5.74) is 7.41. The summed E-state index contributed by atoms with van der Waals surface area (Å²) in [7, 11) is 2.64. The first-order valence-electron chi connectivity index (χ1n) is 10.9. The Morgan fingerprint density at radius 1 is 1.06 bits per heavy atom. The van der Waals surface area contributed by atoms with Gasteiger partial charge in [0, 0.05) is 13.0 Å². The zero-order valence-corrected chi connectivity index (χ0v) is 21.1. The molecule has 0 bridgehead atoms. The van der Waals surface area contributed by atoms with Gasteiger partial charge in [0.1, 0.15) is 0 Å². The Balaban J connectivity index is 0.00000111. The minimum Gasteiger partial charge on any atom is -0.396 e. The highest BCUT2D eigenvalue weighted by molar-refractivity contribution is 7.27. The molecule has 3 amide bonds. The fraction of sp³-hybridized carbons (Fsp3) is 0.458. The number of hydroxylamine groups is 1. The van der Waals surface area contributed by atoms with Crippen LogP contribution < -0.4 is 21.8 Å². The summed E-state index contributed by atoms with van der Waals surface area (Å²) in [6.07, 6.45) is 0.959. The van der Waals surface area contributed by atoms with E-state index in [1.54, 1.807) is 0 Å². The van der Waals surface area contributed by atoms with Crippen LogP contribution in [0, 0.1) is 11.8 Å². The molecule has 9 heteroatoms. The Bertz CT molecular complexity index is 885. The first-order chi connectivity index (χ1) is 15.5. The van der Waals surface area contributed by atoms with Gasteiger partial charge in [0.05, 0.1) is 12.5 Å². The number of fused-ring (bicyclic) bond motifs is 1. The topological polar surface area (TPSA) is 142 Å². The van der Waals surface area contributed by atoms with Gasteiger partial charge >= 0.3 is 0 Å². The normalized spacial score (nSPS) is 10.9. The number of benzene rings is 2. The second kappa shape index (κ2) is 17.0. The molecule has 8 nitrogen and oxygen atoms in total. The van der Waals surface area contributed by atoms with Gasteiger partial charge in [-0.2, -0.15) is 0 Å². The number of hydrogen-bond donors (Lipinski definition) is 5. The molecule has 2 rings (SSSR count). The predicted molar refractivity (Wildman–Crippen MR) is 135 cm³/mol. The second-order valence-corrected chi connectivity index (χ2v) is 8.89. The van der Waals surface area contributed by atoms with Gasteiger partial charge in [-0.3, -0.25) is 19.6 Å². The molecule has 0 aliphatic carbocycles. The monoisotopic (exact) mass is 479 g/mol. The van der Waals surface area contributed by atoms with Crippen LogP contribution in [-0.4, -0.2) is 41.2 Å². The summed E-state index contributed by atoms with van der Waals surface area (Å²) >= 11 is 0. The lowest BCUT2D eigenvalue weighted by Crippen LogP contribution is -2.39. The minimum absolute atomic E-state index is 0.205. The summed E-state index contributed by atoms with van der Waals surface area (Å²) in [6.45, 7) is 8.45. The SMILES string of the molecule is CC(C)C.CCCO.NC(=O)CNC(=O)C(CC(=O)NO)Cc1ccc2cc(P)ccc2c1. The molecule has 2 aromatic carbocycles. The molecule has 0 aromatic heterocycles. The van der Waals surface area contributed by atoms with E-state index in [-0.39, 0.29) is 19.4 Å². The van der Waals surface area contributed by atoms with Crippen LogP contribution >= 0.6 is 9.24 Å². The average molecular weight is 480 g/mol. The molecule has 0 spiro atoms. The van der Waals surface area contributed by atoms with E-state index in [4.69, 9.17) is 16.0 Å². The number of primary amides is 1. The number of aliphatic hydroxyl groups is 1.